The number of hydrogen-bond acceptors (Lipinski definition) is 3. The fourth-order valence-corrected chi connectivity index (χ4v) is 4.10. The van der Waals surface area contributed by atoms with Gasteiger partial charge in [-0.3, -0.25) is 4.90 Å². The lowest BCUT2D eigenvalue weighted by atomic mass is 9.88. The minimum Gasteiger partial charge on any atom is -0.296 e. The van der Waals surface area contributed by atoms with Gasteiger partial charge in [-0.05, 0) is 48.3 Å². The summed E-state index contributed by atoms with van der Waals surface area (Å²) in [5.74, 6) is 1.68. The summed E-state index contributed by atoms with van der Waals surface area (Å²) in [6.07, 6.45) is 3.37. The fraction of sp³-hybridized carbons (Fsp3) is 0.381. The van der Waals surface area contributed by atoms with E-state index < -0.39 is 0 Å². The summed E-state index contributed by atoms with van der Waals surface area (Å²) in [4.78, 5) is 2.64. The van der Waals surface area contributed by atoms with Crippen LogP contribution in [0, 0.1) is 11.3 Å². The first-order valence-electron chi connectivity index (χ1n) is 8.69. The van der Waals surface area contributed by atoms with Crippen molar-refractivity contribution in [2.45, 2.75) is 25.3 Å². The molecule has 3 heteroatoms. The Kier molecular flexibility index (Phi) is 6.34. The zero-order valence-corrected chi connectivity index (χ0v) is 14.8. The third-order valence-electron chi connectivity index (χ3n) is 4.70. The average Bonchev–Trinajstić information content (AvgIpc) is 2.64. The lowest BCUT2D eigenvalue weighted by Crippen LogP contribution is -2.37. The molecule has 1 atom stereocenters. The van der Waals surface area contributed by atoms with E-state index in [0.29, 0.717) is 11.8 Å². The second-order valence-electron chi connectivity index (χ2n) is 6.25. The van der Waals surface area contributed by atoms with Crippen molar-refractivity contribution < 1.29 is 0 Å². The van der Waals surface area contributed by atoms with E-state index in [9.17, 15) is 0 Å². The molecule has 24 heavy (non-hydrogen) atoms. The molecule has 0 aromatic heterocycles. The van der Waals surface area contributed by atoms with Crippen molar-refractivity contribution in [3.8, 4) is 6.07 Å². The molecule has 0 saturated heterocycles. The van der Waals surface area contributed by atoms with Gasteiger partial charge in [0.15, 0.2) is 0 Å². The molecule has 1 heterocycles. The van der Waals surface area contributed by atoms with Crippen LogP contribution < -0.4 is 0 Å². The first kappa shape index (κ1) is 17.1. The second kappa shape index (κ2) is 8.92. The zero-order chi connectivity index (χ0) is 16.6. The number of fused-ring (bicyclic) bond motifs is 1. The predicted molar refractivity (Wildman–Crippen MR) is 102 cm³/mol. The highest BCUT2D eigenvalue weighted by molar-refractivity contribution is 7.99. The topological polar surface area (TPSA) is 27.0 Å². The molecule has 1 aliphatic rings. The minimum absolute atomic E-state index is 0.471. The number of nitrogens with zero attached hydrogens (tertiary/aromatic N) is 2. The molecule has 0 radical (unpaired) electrons. The Labute approximate surface area is 149 Å². The zero-order valence-electron chi connectivity index (χ0n) is 14.0. The highest BCUT2D eigenvalue weighted by Crippen LogP contribution is 2.32. The fourth-order valence-electron chi connectivity index (χ4n) is 3.54. The van der Waals surface area contributed by atoms with Crippen molar-refractivity contribution >= 4 is 11.8 Å². The van der Waals surface area contributed by atoms with E-state index in [1.165, 1.54) is 16.7 Å². The van der Waals surface area contributed by atoms with Gasteiger partial charge in [0.25, 0.3) is 0 Å². The van der Waals surface area contributed by atoms with E-state index in [-0.39, 0.29) is 0 Å². The van der Waals surface area contributed by atoms with Gasteiger partial charge in [0, 0.05) is 12.6 Å². The normalized spacial score (nSPS) is 17.2. The molecular formula is C21H24N2S. The maximum absolute atomic E-state index is 8.65. The number of rotatable bonds is 7. The second-order valence-corrected chi connectivity index (χ2v) is 7.36. The molecule has 3 rings (SSSR count). The van der Waals surface area contributed by atoms with Crippen LogP contribution in [0.1, 0.15) is 29.2 Å². The smallest absolute Gasteiger partial charge is 0.0808 e. The first-order chi connectivity index (χ1) is 11.9. The van der Waals surface area contributed by atoms with Crippen LogP contribution in [0.4, 0.5) is 0 Å². The molecule has 0 N–H and O–H groups in total. The Morgan fingerprint density at radius 2 is 1.88 bits per heavy atom. The monoisotopic (exact) mass is 336 g/mol. The van der Waals surface area contributed by atoms with Gasteiger partial charge < -0.3 is 0 Å². The van der Waals surface area contributed by atoms with Gasteiger partial charge in [0.2, 0.25) is 0 Å². The summed E-state index contributed by atoms with van der Waals surface area (Å²) in [6.45, 7) is 2.25. The van der Waals surface area contributed by atoms with Crippen molar-refractivity contribution in [3.05, 3.63) is 71.3 Å². The third-order valence-corrected chi connectivity index (χ3v) is 5.61. The standard InChI is InChI=1S/C21H24N2S/c22-12-16-24-15-6-13-23-14-11-19-9-4-5-10-20(19)21(23)17-18-7-2-1-3-8-18/h1-5,7-10,21H,6,11,13-17H2. The summed E-state index contributed by atoms with van der Waals surface area (Å²) < 4.78 is 0. The molecule has 0 amide bonds. The van der Waals surface area contributed by atoms with Gasteiger partial charge in [-0.2, -0.15) is 5.26 Å². The molecule has 2 nitrogen and oxygen atoms in total. The average molecular weight is 337 g/mol. The molecule has 0 spiro atoms. The van der Waals surface area contributed by atoms with Gasteiger partial charge in [-0.25, -0.2) is 0 Å². The van der Waals surface area contributed by atoms with E-state index in [2.05, 4.69) is 65.6 Å². The van der Waals surface area contributed by atoms with Crippen LogP contribution >= 0.6 is 11.8 Å². The molecule has 1 aliphatic heterocycles. The maximum atomic E-state index is 8.65. The van der Waals surface area contributed by atoms with E-state index in [1.807, 2.05) is 0 Å². The Morgan fingerprint density at radius 3 is 2.71 bits per heavy atom. The largest absolute Gasteiger partial charge is 0.296 e. The Morgan fingerprint density at radius 1 is 1.08 bits per heavy atom. The Bertz CT molecular complexity index is 678. The van der Waals surface area contributed by atoms with Gasteiger partial charge in [0.05, 0.1) is 11.8 Å². The summed E-state index contributed by atoms with van der Waals surface area (Å²) in [6, 6.07) is 22.4. The third kappa shape index (κ3) is 4.41. The number of hydrogen-bond donors (Lipinski definition) is 0. The van der Waals surface area contributed by atoms with E-state index in [0.717, 1.165) is 38.1 Å². The highest BCUT2D eigenvalue weighted by Gasteiger charge is 2.26. The Balaban J connectivity index is 1.71. The van der Waals surface area contributed by atoms with Crippen LogP contribution in [0.3, 0.4) is 0 Å². The molecule has 0 aliphatic carbocycles. The van der Waals surface area contributed by atoms with Crippen LogP contribution in [-0.2, 0) is 12.8 Å². The molecule has 124 valence electrons. The van der Waals surface area contributed by atoms with Crippen molar-refractivity contribution in [2.24, 2.45) is 0 Å². The SMILES string of the molecule is N#CCSCCCN1CCc2ccccc2C1Cc1ccccc1. The minimum atomic E-state index is 0.471. The summed E-state index contributed by atoms with van der Waals surface area (Å²) in [5, 5.41) is 8.65. The lowest BCUT2D eigenvalue weighted by molar-refractivity contribution is 0.184. The van der Waals surface area contributed by atoms with Crippen LogP contribution in [0.2, 0.25) is 0 Å². The molecule has 0 saturated carbocycles. The highest BCUT2D eigenvalue weighted by atomic mass is 32.2. The lowest BCUT2D eigenvalue weighted by Gasteiger charge is -2.37. The van der Waals surface area contributed by atoms with Crippen molar-refractivity contribution in [1.29, 1.82) is 5.26 Å². The molecule has 1 unspecified atom stereocenters. The summed E-state index contributed by atoms with van der Waals surface area (Å²) >= 11 is 1.74. The molecule has 2 aromatic rings. The van der Waals surface area contributed by atoms with Crippen molar-refractivity contribution in [2.75, 3.05) is 24.6 Å². The van der Waals surface area contributed by atoms with E-state index >= 15 is 0 Å². The first-order valence-corrected chi connectivity index (χ1v) is 9.84. The van der Waals surface area contributed by atoms with Crippen molar-refractivity contribution in [3.63, 3.8) is 0 Å². The quantitative estimate of drug-likeness (QED) is 0.698. The van der Waals surface area contributed by atoms with Crippen LogP contribution in [0.5, 0.6) is 0 Å². The maximum Gasteiger partial charge on any atom is 0.0808 e. The van der Waals surface area contributed by atoms with Crippen LogP contribution in [-0.4, -0.2) is 29.5 Å². The number of nitriles is 1. The summed E-state index contributed by atoms with van der Waals surface area (Å²) in [7, 11) is 0. The Hall–Kier alpha value is -1.76. The van der Waals surface area contributed by atoms with Gasteiger partial charge in [0.1, 0.15) is 0 Å². The summed E-state index contributed by atoms with van der Waals surface area (Å²) in [5.41, 5.74) is 4.41. The van der Waals surface area contributed by atoms with E-state index in [1.54, 1.807) is 11.8 Å². The molecule has 2 aromatic carbocycles. The predicted octanol–water partition coefficient (Wildman–Crippen LogP) is 4.48. The molecule has 0 fully saturated rings. The molecule has 0 bridgehead atoms. The van der Waals surface area contributed by atoms with Gasteiger partial charge in [-0.15, -0.1) is 11.8 Å². The number of thioether (sulfide) groups is 1. The van der Waals surface area contributed by atoms with Crippen LogP contribution in [0.15, 0.2) is 54.6 Å². The van der Waals surface area contributed by atoms with Crippen molar-refractivity contribution in [1.82, 2.24) is 4.90 Å². The van der Waals surface area contributed by atoms with E-state index in [4.69, 9.17) is 5.26 Å². The van der Waals surface area contributed by atoms with Crippen LogP contribution in [0.25, 0.3) is 0 Å². The van der Waals surface area contributed by atoms with Gasteiger partial charge in [-0.1, -0.05) is 54.6 Å². The molecular weight excluding hydrogens is 312 g/mol. The number of benzene rings is 2. The van der Waals surface area contributed by atoms with Gasteiger partial charge >= 0.3 is 0 Å².